The second kappa shape index (κ2) is 21.7. The molecule has 0 heterocycles. The molecule has 0 aliphatic rings. The van der Waals surface area contributed by atoms with Crippen molar-refractivity contribution in [3.05, 3.63) is 26.0 Å². The minimum absolute atomic E-state index is 1.11. The lowest BCUT2D eigenvalue weighted by molar-refractivity contribution is 0.570. The molecule has 136 valence electrons. The van der Waals surface area contributed by atoms with Crippen LogP contribution in [0.15, 0.2) is 12.2 Å². The molecule has 23 heavy (non-hydrogen) atoms. The zero-order chi connectivity index (χ0) is 16.8. The summed E-state index contributed by atoms with van der Waals surface area (Å²) in [5.41, 5.74) is 0. The average Bonchev–Trinajstić information content (AvgIpc) is 2.57. The van der Waals surface area contributed by atoms with E-state index in [9.17, 15) is 0 Å². The summed E-state index contributed by atoms with van der Waals surface area (Å²) < 4.78 is 0. The molecule has 0 aromatic rings. The van der Waals surface area contributed by atoms with Gasteiger partial charge < -0.3 is 0 Å². The summed E-state index contributed by atoms with van der Waals surface area (Å²) in [6.07, 6.45) is 30.7. The maximum atomic E-state index is 3.89. The van der Waals surface area contributed by atoms with Crippen LogP contribution in [0.5, 0.6) is 0 Å². The molecule has 0 fully saturated rings. The lowest BCUT2D eigenvalue weighted by Gasteiger charge is -2.01. The molecule has 0 spiro atoms. The normalized spacial score (nSPS) is 11.6. The number of unbranched alkanes of at least 4 members (excludes halogenated alkanes) is 17. The molecule has 0 aliphatic carbocycles. The minimum atomic E-state index is 1.11. The fourth-order valence-corrected chi connectivity index (χ4v) is 3.06. The summed E-state index contributed by atoms with van der Waals surface area (Å²) >= 11 is 0. The molecule has 0 saturated carbocycles. The van der Waals surface area contributed by atoms with Crippen molar-refractivity contribution in [2.45, 2.75) is 122 Å². The Morgan fingerprint density at radius 1 is 0.348 bits per heavy atom. The molecule has 0 rings (SSSR count). The SMILES string of the molecule is [CH2]CCCCCCCCC/C=C/CCCCCCCCCC[CH2]. The van der Waals surface area contributed by atoms with Crippen LogP contribution in [0.4, 0.5) is 0 Å². The third kappa shape index (κ3) is 21.7. The van der Waals surface area contributed by atoms with E-state index in [-0.39, 0.29) is 0 Å². The molecule has 0 nitrogen and oxygen atoms in total. The van der Waals surface area contributed by atoms with E-state index in [1.54, 1.807) is 0 Å². The Kier molecular flexibility index (Phi) is 21.5. The smallest absolute Gasteiger partial charge is 0.0351 e. The highest BCUT2D eigenvalue weighted by atomic mass is 14.0. The highest BCUT2D eigenvalue weighted by molar-refractivity contribution is 4.81. The zero-order valence-electron chi connectivity index (χ0n) is 16.0. The largest absolute Gasteiger partial charge is 0.0885 e. The molecule has 0 aliphatic heterocycles. The van der Waals surface area contributed by atoms with Gasteiger partial charge in [-0.25, -0.2) is 0 Å². The van der Waals surface area contributed by atoms with Gasteiger partial charge in [-0.05, 0) is 25.7 Å². The second-order valence-electron chi connectivity index (χ2n) is 7.06. The summed E-state index contributed by atoms with van der Waals surface area (Å²) in [5.74, 6) is 0. The molecule has 0 atom stereocenters. The van der Waals surface area contributed by atoms with Crippen molar-refractivity contribution in [2.75, 3.05) is 0 Å². The van der Waals surface area contributed by atoms with Gasteiger partial charge in [0, 0.05) is 0 Å². The lowest BCUT2D eigenvalue weighted by Crippen LogP contribution is -1.81. The minimum Gasteiger partial charge on any atom is -0.0885 e. The van der Waals surface area contributed by atoms with Gasteiger partial charge in [-0.2, -0.15) is 0 Å². The van der Waals surface area contributed by atoms with E-state index in [4.69, 9.17) is 0 Å². The van der Waals surface area contributed by atoms with Gasteiger partial charge in [-0.15, -0.1) is 0 Å². The first-order valence-electron chi connectivity index (χ1n) is 10.6. The number of hydrogen-bond acceptors (Lipinski definition) is 0. The molecule has 0 aromatic heterocycles. The first-order valence-corrected chi connectivity index (χ1v) is 10.6. The van der Waals surface area contributed by atoms with Crippen molar-refractivity contribution in [3.63, 3.8) is 0 Å². The van der Waals surface area contributed by atoms with Crippen LogP contribution in [0, 0.1) is 13.8 Å². The van der Waals surface area contributed by atoms with Crippen LogP contribution in [0.25, 0.3) is 0 Å². The highest BCUT2D eigenvalue weighted by Gasteiger charge is 1.92. The highest BCUT2D eigenvalue weighted by Crippen LogP contribution is 2.12. The monoisotopic (exact) mass is 320 g/mol. The Labute approximate surface area is 148 Å². The molecule has 0 N–H and O–H groups in total. The van der Waals surface area contributed by atoms with Crippen LogP contribution in [0.2, 0.25) is 0 Å². The maximum Gasteiger partial charge on any atom is -0.0351 e. The van der Waals surface area contributed by atoms with Gasteiger partial charge in [-0.3, -0.25) is 0 Å². The molecule has 0 saturated heterocycles. The van der Waals surface area contributed by atoms with E-state index in [1.165, 1.54) is 109 Å². The average molecular weight is 321 g/mol. The molecular weight excluding hydrogens is 276 g/mol. The predicted molar refractivity (Wildman–Crippen MR) is 108 cm³/mol. The molecular formula is C23H44. The van der Waals surface area contributed by atoms with Crippen LogP contribution in [0.3, 0.4) is 0 Å². The van der Waals surface area contributed by atoms with Gasteiger partial charge in [-0.1, -0.05) is 122 Å². The van der Waals surface area contributed by atoms with Gasteiger partial charge in [0.25, 0.3) is 0 Å². The summed E-state index contributed by atoms with van der Waals surface area (Å²) in [6.45, 7) is 7.79. The van der Waals surface area contributed by atoms with Gasteiger partial charge in [0.2, 0.25) is 0 Å². The first-order chi connectivity index (χ1) is 11.4. The second-order valence-corrected chi connectivity index (χ2v) is 7.06. The van der Waals surface area contributed by atoms with E-state index in [2.05, 4.69) is 26.0 Å². The number of allylic oxidation sites excluding steroid dienone is 2. The van der Waals surface area contributed by atoms with Gasteiger partial charge in [0.1, 0.15) is 0 Å². The van der Waals surface area contributed by atoms with E-state index < -0.39 is 0 Å². The summed E-state index contributed by atoms with van der Waals surface area (Å²) in [5, 5.41) is 0. The van der Waals surface area contributed by atoms with E-state index in [0.717, 1.165) is 12.8 Å². The number of hydrogen-bond donors (Lipinski definition) is 0. The molecule has 0 unspecified atom stereocenters. The van der Waals surface area contributed by atoms with Gasteiger partial charge in [0.15, 0.2) is 0 Å². The standard InChI is InChI=1S/C23H44/c1-3-5-7-9-11-13-15-17-19-21-23-22-20-18-16-14-12-10-8-6-4-2/h21,23H,1-20,22H2/b23-21+. The van der Waals surface area contributed by atoms with Crippen molar-refractivity contribution >= 4 is 0 Å². The van der Waals surface area contributed by atoms with E-state index >= 15 is 0 Å². The molecule has 0 heteroatoms. The van der Waals surface area contributed by atoms with E-state index in [0.29, 0.717) is 0 Å². The molecule has 0 aromatic carbocycles. The Bertz CT molecular complexity index is 216. The quantitative estimate of drug-likeness (QED) is 0.165. The molecule has 0 bridgehead atoms. The third-order valence-electron chi connectivity index (χ3n) is 4.66. The van der Waals surface area contributed by atoms with Gasteiger partial charge >= 0.3 is 0 Å². The third-order valence-corrected chi connectivity index (χ3v) is 4.66. The fourth-order valence-electron chi connectivity index (χ4n) is 3.06. The Morgan fingerprint density at radius 3 is 0.913 bits per heavy atom. The van der Waals surface area contributed by atoms with Gasteiger partial charge in [0.05, 0.1) is 0 Å². The van der Waals surface area contributed by atoms with Crippen LogP contribution >= 0.6 is 0 Å². The van der Waals surface area contributed by atoms with Crippen LogP contribution in [0.1, 0.15) is 122 Å². The fraction of sp³-hybridized carbons (Fsp3) is 0.826. The van der Waals surface area contributed by atoms with Crippen molar-refractivity contribution in [1.29, 1.82) is 0 Å². The maximum absolute atomic E-state index is 3.89. The first kappa shape index (κ1) is 22.7. The topological polar surface area (TPSA) is 0 Å². The molecule has 2 radical (unpaired) electrons. The van der Waals surface area contributed by atoms with Crippen molar-refractivity contribution < 1.29 is 0 Å². The van der Waals surface area contributed by atoms with Crippen molar-refractivity contribution in [1.82, 2.24) is 0 Å². The lowest BCUT2D eigenvalue weighted by atomic mass is 10.1. The Hall–Kier alpha value is -0.260. The van der Waals surface area contributed by atoms with Crippen LogP contribution in [-0.4, -0.2) is 0 Å². The summed E-state index contributed by atoms with van der Waals surface area (Å²) in [6, 6.07) is 0. The summed E-state index contributed by atoms with van der Waals surface area (Å²) in [4.78, 5) is 0. The molecule has 0 amide bonds. The van der Waals surface area contributed by atoms with Crippen LogP contribution in [-0.2, 0) is 0 Å². The van der Waals surface area contributed by atoms with Crippen LogP contribution < -0.4 is 0 Å². The summed E-state index contributed by atoms with van der Waals surface area (Å²) in [7, 11) is 0. The Morgan fingerprint density at radius 2 is 0.609 bits per heavy atom. The Balaban J connectivity index is 3.03. The number of rotatable bonds is 19. The van der Waals surface area contributed by atoms with Crippen molar-refractivity contribution in [2.24, 2.45) is 0 Å². The van der Waals surface area contributed by atoms with E-state index in [1.807, 2.05) is 0 Å². The van der Waals surface area contributed by atoms with Crippen molar-refractivity contribution in [3.8, 4) is 0 Å². The zero-order valence-corrected chi connectivity index (χ0v) is 16.0. The predicted octanol–water partition coefficient (Wildman–Crippen LogP) is 8.62.